The van der Waals surface area contributed by atoms with Crippen molar-refractivity contribution in [2.24, 2.45) is 0 Å². The highest BCUT2D eigenvalue weighted by atomic mass is 16.3. The quantitative estimate of drug-likeness (QED) is 0.623. The summed E-state index contributed by atoms with van der Waals surface area (Å²) in [5, 5.41) is 21.1. The molecule has 0 bridgehead atoms. The van der Waals surface area contributed by atoms with Gasteiger partial charge in [-0.05, 0) is 18.6 Å². The van der Waals surface area contributed by atoms with Crippen molar-refractivity contribution in [3.05, 3.63) is 18.2 Å². The van der Waals surface area contributed by atoms with Gasteiger partial charge in [-0.1, -0.05) is 13.0 Å². The Balaban J connectivity index is 2.72. The molecular weight excluding hydrogens is 218 g/mol. The fourth-order valence-electron chi connectivity index (χ4n) is 1.53. The Hall–Kier alpha value is -1.33. The Labute approximate surface area is 102 Å². The molecule has 0 fully saturated rings. The number of aromatic nitrogens is 1. The van der Waals surface area contributed by atoms with E-state index < -0.39 is 0 Å². The van der Waals surface area contributed by atoms with Crippen molar-refractivity contribution in [3.63, 3.8) is 0 Å². The van der Waals surface area contributed by atoms with E-state index >= 15 is 0 Å². The zero-order chi connectivity index (χ0) is 12.5. The van der Waals surface area contributed by atoms with Crippen molar-refractivity contribution in [3.8, 4) is 0 Å². The van der Waals surface area contributed by atoms with Crippen molar-refractivity contribution in [2.45, 2.75) is 13.3 Å². The lowest BCUT2D eigenvalue weighted by molar-refractivity contribution is 0.280. The Morgan fingerprint density at radius 1 is 1.24 bits per heavy atom. The average Bonchev–Trinajstić information content (AvgIpc) is 2.36. The van der Waals surface area contributed by atoms with Gasteiger partial charge in [0.15, 0.2) is 0 Å². The first-order chi connectivity index (χ1) is 8.31. The van der Waals surface area contributed by atoms with Crippen LogP contribution in [0.4, 0.5) is 11.6 Å². The molecule has 96 valence electrons. The van der Waals surface area contributed by atoms with Crippen LogP contribution in [0.25, 0.3) is 0 Å². The molecule has 0 saturated heterocycles. The monoisotopic (exact) mass is 239 g/mol. The molecule has 17 heavy (non-hydrogen) atoms. The summed E-state index contributed by atoms with van der Waals surface area (Å²) in [5.74, 6) is 1.60. The van der Waals surface area contributed by atoms with E-state index in [0.717, 1.165) is 24.6 Å². The highest BCUT2D eigenvalue weighted by Gasteiger charge is 2.07. The molecule has 3 N–H and O–H groups in total. The van der Waals surface area contributed by atoms with Crippen LogP contribution >= 0.6 is 0 Å². The van der Waals surface area contributed by atoms with E-state index in [0.29, 0.717) is 13.1 Å². The van der Waals surface area contributed by atoms with E-state index in [-0.39, 0.29) is 13.2 Å². The Bertz CT molecular complexity index is 314. The van der Waals surface area contributed by atoms with Crippen LogP contribution in [0.1, 0.15) is 13.3 Å². The molecular formula is C12H21N3O2. The van der Waals surface area contributed by atoms with Gasteiger partial charge >= 0.3 is 0 Å². The Kier molecular flexibility index (Phi) is 6.35. The second-order valence-corrected chi connectivity index (χ2v) is 3.74. The topological polar surface area (TPSA) is 68.6 Å². The molecule has 0 spiro atoms. The average molecular weight is 239 g/mol. The summed E-state index contributed by atoms with van der Waals surface area (Å²) in [6.45, 7) is 4.04. The first-order valence-electron chi connectivity index (χ1n) is 5.99. The molecule has 0 aliphatic heterocycles. The lowest BCUT2D eigenvalue weighted by atomic mass is 10.3. The van der Waals surface area contributed by atoms with Crippen LogP contribution in [0, 0.1) is 0 Å². The first kappa shape index (κ1) is 13.7. The summed E-state index contributed by atoms with van der Waals surface area (Å²) in [6, 6.07) is 5.71. The molecule has 1 aromatic rings. The predicted octanol–water partition coefficient (Wildman–Crippen LogP) is 0.694. The van der Waals surface area contributed by atoms with Gasteiger partial charge in [-0.3, -0.25) is 0 Å². The maximum atomic E-state index is 8.97. The minimum atomic E-state index is 0.0499. The third kappa shape index (κ3) is 4.58. The van der Waals surface area contributed by atoms with E-state index in [1.54, 1.807) is 0 Å². The number of aliphatic hydroxyl groups excluding tert-OH is 2. The zero-order valence-electron chi connectivity index (χ0n) is 10.3. The van der Waals surface area contributed by atoms with Crippen molar-refractivity contribution in [1.29, 1.82) is 0 Å². The second-order valence-electron chi connectivity index (χ2n) is 3.74. The molecule has 0 aliphatic carbocycles. The van der Waals surface area contributed by atoms with Gasteiger partial charge in [0.1, 0.15) is 11.6 Å². The number of pyridine rings is 1. The van der Waals surface area contributed by atoms with Crippen LogP contribution in [0.2, 0.25) is 0 Å². The summed E-state index contributed by atoms with van der Waals surface area (Å²) in [5.41, 5.74) is 0. The summed E-state index contributed by atoms with van der Waals surface area (Å²) < 4.78 is 0. The second kappa shape index (κ2) is 7.86. The van der Waals surface area contributed by atoms with Gasteiger partial charge in [-0.2, -0.15) is 0 Å². The standard InChI is InChI=1S/C12H21N3O2/c1-2-6-13-11-4-3-5-12(14-11)15(7-9-16)8-10-17/h3-5,16-17H,2,6-10H2,1H3,(H,13,14). The van der Waals surface area contributed by atoms with Gasteiger partial charge in [0, 0.05) is 19.6 Å². The van der Waals surface area contributed by atoms with Crippen molar-refractivity contribution < 1.29 is 10.2 Å². The Morgan fingerprint density at radius 2 is 1.94 bits per heavy atom. The number of rotatable bonds is 8. The molecule has 0 unspecified atom stereocenters. The zero-order valence-corrected chi connectivity index (χ0v) is 10.3. The summed E-state index contributed by atoms with van der Waals surface area (Å²) in [6.07, 6.45) is 1.04. The number of nitrogens with zero attached hydrogens (tertiary/aromatic N) is 2. The largest absolute Gasteiger partial charge is 0.395 e. The van der Waals surface area contributed by atoms with Gasteiger partial charge < -0.3 is 20.4 Å². The summed E-state index contributed by atoms with van der Waals surface area (Å²) in [7, 11) is 0. The fourth-order valence-corrected chi connectivity index (χ4v) is 1.53. The van der Waals surface area contributed by atoms with Crippen LogP contribution < -0.4 is 10.2 Å². The highest BCUT2D eigenvalue weighted by Crippen LogP contribution is 2.13. The maximum Gasteiger partial charge on any atom is 0.131 e. The molecule has 0 aliphatic rings. The minimum Gasteiger partial charge on any atom is -0.395 e. The molecule has 0 aromatic carbocycles. The van der Waals surface area contributed by atoms with E-state index in [1.165, 1.54) is 0 Å². The third-order valence-corrected chi connectivity index (χ3v) is 2.35. The number of nitrogens with one attached hydrogen (secondary N) is 1. The molecule has 5 heteroatoms. The molecule has 0 saturated carbocycles. The van der Waals surface area contributed by atoms with Crippen molar-refractivity contribution in [1.82, 2.24) is 4.98 Å². The first-order valence-corrected chi connectivity index (χ1v) is 5.99. The van der Waals surface area contributed by atoms with E-state index in [2.05, 4.69) is 17.2 Å². The molecule has 0 radical (unpaired) electrons. The molecule has 5 nitrogen and oxygen atoms in total. The molecule has 0 amide bonds. The maximum absolute atomic E-state index is 8.97. The van der Waals surface area contributed by atoms with Gasteiger partial charge in [-0.25, -0.2) is 4.98 Å². The van der Waals surface area contributed by atoms with Crippen LogP contribution in [-0.2, 0) is 0 Å². The molecule has 1 aromatic heterocycles. The highest BCUT2D eigenvalue weighted by molar-refractivity contribution is 5.47. The molecule has 0 atom stereocenters. The van der Waals surface area contributed by atoms with Crippen LogP contribution in [0.3, 0.4) is 0 Å². The minimum absolute atomic E-state index is 0.0499. The smallest absolute Gasteiger partial charge is 0.131 e. The van der Waals surface area contributed by atoms with Crippen LogP contribution in [0.15, 0.2) is 18.2 Å². The van der Waals surface area contributed by atoms with Gasteiger partial charge in [0.05, 0.1) is 13.2 Å². The van der Waals surface area contributed by atoms with E-state index in [9.17, 15) is 0 Å². The van der Waals surface area contributed by atoms with Crippen LogP contribution in [-0.4, -0.2) is 48.0 Å². The lowest BCUT2D eigenvalue weighted by Crippen LogP contribution is -2.30. The molecule has 1 rings (SSSR count). The van der Waals surface area contributed by atoms with Gasteiger partial charge in [-0.15, -0.1) is 0 Å². The SMILES string of the molecule is CCCNc1cccc(N(CCO)CCO)n1. The van der Waals surface area contributed by atoms with E-state index in [4.69, 9.17) is 10.2 Å². The summed E-state index contributed by atoms with van der Waals surface area (Å²) >= 11 is 0. The summed E-state index contributed by atoms with van der Waals surface area (Å²) in [4.78, 5) is 6.30. The van der Waals surface area contributed by atoms with Crippen molar-refractivity contribution >= 4 is 11.6 Å². The number of aliphatic hydroxyl groups is 2. The predicted molar refractivity (Wildman–Crippen MR) is 69.4 cm³/mol. The normalized spacial score (nSPS) is 10.3. The van der Waals surface area contributed by atoms with E-state index in [1.807, 2.05) is 23.1 Å². The number of hydrogen-bond acceptors (Lipinski definition) is 5. The van der Waals surface area contributed by atoms with Crippen LogP contribution in [0.5, 0.6) is 0 Å². The Morgan fingerprint density at radius 3 is 2.53 bits per heavy atom. The van der Waals surface area contributed by atoms with Crippen molar-refractivity contribution in [2.75, 3.05) is 43.1 Å². The van der Waals surface area contributed by atoms with Gasteiger partial charge in [0.25, 0.3) is 0 Å². The van der Waals surface area contributed by atoms with Gasteiger partial charge in [0.2, 0.25) is 0 Å². The fraction of sp³-hybridized carbons (Fsp3) is 0.583. The molecule has 1 heterocycles. The third-order valence-electron chi connectivity index (χ3n) is 2.35. The number of anilines is 2. The lowest BCUT2D eigenvalue weighted by Gasteiger charge is -2.22. The number of hydrogen-bond donors (Lipinski definition) is 3.